The number of carboxylic acids is 1. The Labute approximate surface area is 309 Å². The fourth-order valence-corrected chi connectivity index (χ4v) is 12.6. The largest absolute Gasteiger partial charge is 0.481 e. The van der Waals surface area contributed by atoms with Crippen LogP contribution in [0.2, 0.25) is 0 Å². The van der Waals surface area contributed by atoms with E-state index in [0.717, 1.165) is 69.8 Å². The Balaban J connectivity index is 1.02. The van der Waals surface area contributed by atoms with Crippen LogP contribution in [0.15, 0.2) is 48.2 Å². The van der Waals surface area contributed by atoms with Crippen LogP contribution in [-0.2, 0) is 43.4 Å². The molecule has 1 aromatic heterocycles. The van der Waals surface area contributed by atoms with Crippen molar-refractivity contribution in [1.82, 2.24) is 15.0 Å². The minimum absolute atomic E-state index is 0.00841. The summed E-state index contributed by atoms with van der Waals surface area (Å²) in [5.41, 5.74) is 2.26. The van der Waals surface area contributed by atoms with Crippen LogP contribution in [0, 0.1) is 50.2 Å². The molecule has 8 atom stereocenters. The summed E-state index contributed by atoms with van der Waals surface area (Å²) in [6.45, 7) is 16.7. The second-order valence-electron chi connectivity index (χ2n) is 19.2. The highest BCUT2D eigenvalue weighted by Crippen LogP contribution is 2.75. The molecule has 2 aromatic rings. The highest BCUT2D eigenvalue weighted by Gasteiger charge is 2.69. The van der Waals surface area contributed by atoms with Gasteiger partial charge in [-0.15, -0.1) is 5.10 Å². The van der Waals surface area contributed by atoms with Gasteiger partial charge < -0.3 is 14.6 Å². The highest BCUT2D eigenvalue weighted by molar-refractivity contribution is 5.76. The number of aliphatic carboxylic acids is 1. The van der Waals surface area contributed by atoms with Gasteiger partial charge in [0.05, 0.1) is 18.0 Å². The normalized spacial score (nSPS) is 37.2. The van der Waals surface area contributed by atoms with Gasteiger partial charge in [-0.1, -0.05) is 95.7 Å². The number of carboxylic acid groups (broad SMARTS) is 1. The van der Waals surface area contributed by atoms with Crippen LogP contribution in [0.3, 0.4) is 0 Å². The minimum atomic E-state index is -0.627. The summed E-state index contributed by atoms with van der Waals surface area (Å²) in [5.74, 6) is -0.288. The van der Waals surface area contributed by atoms with Crippen molar-refractivity contribution in [2.24, 2.45) is 50.2 Å². The number of hydrogen-bond acceptors (Lipinski definition) is 7. The first kappa shape index (κ1) is 36.9. The SMILES string of the molecule is CC1(C)CC[C@]2(C(=O)O)CC[C@]3(C)C(=CC[C@@H]4[C@@]5(C)CC[C@H](OC(=O)Cn6cc(COC(=O)Cc7ccccc7)nn6)C(C)(C)[C@@H]5CC[C@]43C)[C@@H]2C1. The van der Waals surface area contributed by atoms with E-state index in [-0.39, 0.29) is 70.6 Å². The minimum Gasteiger partial charge on any atom is -0.481 e. The number of benzene rings is 1. The first-order valence-corrected chi connectivity index (χ1v) is 19.7. The van der Waals surface area contributed by atoms with E-state index < -0.39 is 11.4 Å². The summed E-state index contributed by atoms with van der Waals surface area (Å²) < 4.78 is 13.1. The Kier molecular flexibility index (Phi) is 9.09. The van der Waals surface area contributed by atoms with Gasteiger partial charge in [-0.2, -0.15) is 0 Å². The topological polar surface area (TPSA) is 121 Å². The second kappa shape index (κ2) is 12.8. The van der Waals surface area contributed by atoms with E-state index in [2.05, 4.69) is 64.9 Å². The standard InChI is InChI=1S/C43H59N3O6/c1-38(2)19-21-43(37(49)50)22-20-41(6)30(31(43)24-38)13-14-33-40(5)17-16-34(39(3,4)32(40)15-18-42(33,41)7)52-36(48)26-46-25-29(44-45-46)27-51-35(47)23-28-11-9-8-10-12-28/h8-13,25,31-34H,14-24,26-27H2,1-7H3,(H,49,50)/t31-,32-,33+,34-,40-,41+,42+,43-/m0/s1. The van der Waals surface area contributed by atoms with Crippen LogP contribution in [-0.4, -0.2) is 44.1 Å². The van der Waals surface area contributed by atoms with E-state index in [1.54, 1.807) is 6.20 Å². The molecule has 0 bridgehead atoms. The summed E-state index contributed by atoms with van der Waals surface area (Å²) in [4.78, 5) is 38.6. The first-order chi connectivity index (χ1) is 24.4. The maximum atomic E-state index is 13.4. The molecule has 0 saturated heterocycles. The second-order valence-corrected chi connectivity index (χ2v) is 19.2. The highest BCUT2D eigenvalue weighted by atomic mass is 16.5. The Morgan fingerprint density at radius 1 is 0.885 bits per heavy atom. The van der Waals surface area contributed by atoms with Crippen molar-refractivity contribution in [2.45, 2.75) is 138 Å². The van der Waals surface area contributed by atoms with Crippen molar-refractivity contribution in [3.63, 3.8) is 0 Å². The summed E-state index contributed by atoms with van der Waals surface area (Å²) in [7, 11) is 0. The van der Waals surface area contributed by atoms with E-state index in [9.17, 15) is 19.5 Å². The summed E-state index contributed by atoms with van der Waals surface area (Å²) in [5, 5.41) is 18.9. The maximum absolute atomic E-state index is 13.4. The summed E-state index contributed by atoms with van der Waals surface area (Å²) >= 11 is 0. The molecule has 0 radical (unpaired) electrons. The van der Waals surface area contributed by atoms with Crippen molar-refractivity contribution in [3.8, 4) is 0 Å². The van der Waals surface area contributed by atoms with Crippen LogP contribution in [0.1, 0.15) is 124 Å². The third kappa shape index (κ3) is 5.92. The zero-order valence-electron chi connectivity index (χ0n) is 32.4. The number of esters is 2. The average molecular weight is 714 g/mol. The number of carbonyl (C=O) groups excluding carboxylic acids is 2. The number of rotatable bonds is 8. The van der Waals surface area contributed by atoms with E-state index in [0.29, 0.717) is 17.5 Å². The van der Waals surface area contributed by atoms with E-state index >= 15 is 0 Å². The van der Waals surface area contributed by atoms with Crippen molar-refractivity contribution >= 4 is 17.9 Å². The molecule has 9 heteroatoms. The Hall–Kier alpha value is -3.49. The number of aromatic nitrogens is 3. The van der Waals surface area contributed by atoms with Gasteiger partial charge in [0.25, 0.3) is 0 Å². The predicted molar refractivity (Wildman–Crippen MR) is 197 cm³/mol. The molecule has 5 aliphatic carbocycles. The van der Waals surface area contributed by atoms with Crippen molar-refractivity contribution < 1.29 is 29.0 Å². The lowest BCUT2D eigenvalue weighted by Crippen LogP contribution is -2.65. The molecular formula is C43H59N3O6. The molecule has 0 amide bonds. The lowest BCUT2D eigenvalue weighted by molar-refractivity contribution is -0.214. The van der Waals surface area contributed by atoms with Gasteiger partial charge in [0.2, 0.25) is 0 Å². The number of fused-ring (bicyclic) bond motifs is 7. The monoisotopic (exact) mass is 713 g/mol. The Morgan fingerprint density at radius 3 is 2.35 bits per heavy atom. The van der Waals surface area contributed by atoms with Crippen LogP contribution >= 0.6 is 0 Å². The molecule has 1 heterocycles. The van der Waals surface area contributed by atoms with Crippen molar-refractivity contribution in [1.29, 1.82) is 0 Å². The van der Waals surface area contributed by atoms with E-state index in [4.69, 9.17) is 9.47 Å². The quantitative estimate of drug-likeness (QED) is 0.214. The number of carbonyl (C=O) groups is 3. The molecule has 0 aliphatic heterocycles. The molecular weight excluding hydrogens is 654 g/mol. The summed E-state index contributed by atoms with van der Waals surface area (Å²) in [6.07, 6.45) is 13.6. The number of allylic oxidation sites excluding steroid dienone is 2. The van der Waals surface area contributed by atoms with Crippen LogP contribution in [0.4, 0.5) is 0 Å². The smallest absolute Gasteiger partial charge is 0.328 e. The molecule has 5 aliphatic rings. The van der Waals surface area contributed by atoms with E-state index in [1.807, 2.05) is 30.3 Å². The number of nitrogens with zero attached hydrogens (tertiary/aromatic N) is 3. The van der Waals surface area contributed by atoms with Crippen LogP contribution in [0.5, 0.6) is 0 Å². The fraction of sp³-hybridized carbons (Fsp3) is 0.698. The fourth-order valence-electron chi connectivity index (χ4n) is 12.6. The molecule has 0 unspecified atom stereocenters. The third-order valence-corrected chi connectivity index (χ3v) is 15.7. The van der Waals surface area contributed by atoms with Crippen molar-refractivity contribution in [2.75, 3.05) is 0 Å². The van der Waals surface area contributed by atoms with Crippen LogP contribution < -0.4 is 0 Å². The molecule has 9 nitrogen and oxygen atoms in total. The molecule has 1 aromatic carbocycles. The van der Waals surface area contributed by atoms with Gasteiger partial charge in [-0.05, 0) is 109 Å². The van der Waals surface area contributed by atoms with Gasteiger partial charge in [0, 0.05) is 5.41 Å². The Morgan fingerprint density at radius 2 is 1.62 bits per heavy atom. The molecule has 0 spiro atoms. The average Bonchev–Trinajstić information content (AvgIpc) is 3.52. The van der Waals surface area contributed by atoms with Crippen LogP contribution in [0.25, 0.3) is 0 Å². The summed E-state index contributed by atoms with van der Waals surface area (Å²) in [6, 6.07) is 9.43. The molecule has 4 saturated carbocycles. The third-order valence-electron chi connectivity index (χ3n) is 15.7. The Bertz CT molecular complexity index is 1750. The molecule has 52 heavy (non-hydrogen) atoms. The van der Waals surface area contributed by atoms with Crippen molar-refractivity contribution in [3.05, 3.63) is 59.4 Å². The van der Waals surface area contributed by atoms with Gasteiger partial charge in [-0.3, -0.25) is 14.4 Å². The molecule has 1 N–H and O–H groups in total. The lowest BCUT2D eigenvalue weighted by Gasteiger charge is -2.71. The number of ether oxygens (including phenoxy) is 2. The van der Waals surface area contributed by atoms with Gasteiger partial charge in [0.15, 0.2) is 0 Å². The van der Waals surface area contributed by atoms with Gasteiger partial charge in [0.1, 0.15) is 24.9 Å². The lowest BCUT2D eigenvalue weighted by atomic mass is 9.33. The zero-order valence-corrected chi connectivity index (χ0v) is 32.4. The van der Waals surface area contributed by atoms with Gasteiger partial charge in [-0.25, -0.2) is 4.68 Å². The molecule has 282 valence electrons. The van der Waals surface area contributed by atoms with Gasteiger partial charge >= 0.3 is 17.9 Å². The zero-order chi connectivity index (χ0) is 37.3. The van der Waals surface area contributed by atoms with E-state index in [1.165, 1.54) is 10.3 Å². The number of hydrogen-bond donors (Lipinski definition) is 1. The molecule has 4 fully saturated rings. The maximum Gasteiger partial charge on any atom is 0.328 e. The predicted octanol–water partition coefficient (Wildman–Crippen LogP) is 8.36. The first-order valence-electron chi connectivity index (χ1n) is 19.7. The molecule has 7 rings (SSSR count).